The van der Waals surface area contributed by atoms with E-state index in [-0.39, 0.29) is 17.4 Å². The predicted molar refractivity (Wildman–Crippen MR) is 138 cm³/mol. The van der Waals surface area contributed by atoms with E-state index in [2.05, 4.69) is 46.6 Å². The van der Waals surface area contributed by atoms with Gasteiger partial charge in [0.05, 0.1) is 11.3 Å². The number of aliphatic hydroxyl groups excluding tert-OH is 1. The quantitative estimate of drug-likeness (QED) is 0.411. The normalized spacial score (nSPS) is 21.6. The van der Waals surface area contributed by atoms with E-state index < -0.39 is 17.6 Å². The van der Waals surface area contributed by atoms with Crippen molar-refractivity contribution < 1.29 is 14.6 Å². The molecular formula is C27H32FN7O2. The van der Waals surface area contributed by atoms with Gasteiger partial charge in [0.1, 0.15) is 5.60 Å². The van der Waals surface area contributed by atoms with Crippen molar-refractivity contribution in [2.45, 2.75) is 70.4 Å². The number of hydrogen-bond donors (Lipinski definition) is 4. The van der Waals surface area contributed by atoms with Crippen LogP contribution in [0, 0.1) is 5.82 Å². The average Bonchev–Trinajstić information content (AvgIpc) is 3.53. The summed E-state index contributed by atoms with van der Waals surface area (Å²) in [6.45, 7) is 9.05. The molecule has 6 rings (SSSR count). The summed E-state index contributed by atoms with van der Waals surface area (Å²) in [4.78, 5) is 13.6. The number of halogens is 1. The molecule has 2 aromatic heterocycles. The average molecular weight is 506 g/mol. The first-order valence-corrected chi connectivity index (χ1v) is 12.8. The molecule has 1 unspecified atom stereocenters. The fourth-order valence-corrected chi connectivity index (χ4v) is 5.31. The Balaban J connectivity index is 1.39. The van der Waals surface area contributed by atoms with E-state index >= 15 is 4.39 Å². The molecule has 2 aliphatic heterocycles. The molecule has 9 nitrogen and oxygen atoms in total. The molecule has 0 amide bonds. The number of benzene rings is 1. The number of aromatic nitrogens is 3. The number of aliphatic hydroxyl groups is 2. The van der Waals surface area contributed by atoms with Crippen molar-refractivity contribution in [3.63, 3.8) is 0 Å². The van der Waals surface area contributed by atoms with Crippen LogP contribution in [0.15, 0.2) is 36.5 Å². The third-order valence-electron chi connectivity index (χ3n) is 7.51. The monoisotopic (exact) mass is 505 g/mol. The van der Waals surface area contributed by atoms with Crippen molar-refractivity contribution >= 4 is 23.3 Å². The molecule has 1 aliphatic carbocycles. The number of anilines is 4. The number of rotatable bonds is 5. The van der Waals surface area contributed by atoms with Gasteiger partial charge in [-0.05, 0) is 88.9 Å². The molecule has 3 aliphatic rings. The number of hydrazine groups is 1. The van der Waals surface area contributed by atoms with Gasteiger partial charge < -0.3 is 20.8 Å². The van der Waals surface area contributed by atoms with Crippen LogP contribution in [0.25, 0.3) is 0 Å². The Morgan fingerprint density at radius 2 is 1.92 bits per heavy atom. The zero-order valence-corrected chi connectivity index (χ0v) is 21.5. The van der Waals surface area contributed by atoms with Crippen LogP contribution in [0.3, 0.4) is 0 Å². The molecule has 1 fully saturated rings. The summed E-state index contributed by atoms with van der Waals surface area (Å²) in [6.07, 6.45) is 2.59. The Labute approximate surface area is 215 Å². The summed E-state index contributed by atoms with van der Waals surface area (Å²) < 4.78 is 15.2. The maximum absolute atomic E-state index is 15.2. The van der Waals surface area contributed by atoms with Gasteiger partial charge in [-0.2, -0.15) is 9.99 Å². The maximum Gasteiger partial charge on any atom is 0.229 e. The largest absolute Gasteiger partial charge is 0.384 e. The zero-order valence-electron chi connectivity index (χ0n) is 21.5. The molecule has 1 aromatic carbocycles. The lowest BCUT2D eigenvalue weighted by Crippen LogP contribution is -2.42. The molecule has 1 atom stereocenters. The fourth-order valence-electron chi connectivity index (χ4n) is 5.31. The molecule has 37 heavy (non-hydrogen) atoms. The number of hydrogen-bond acceptors (Lipinski definition) is 9. The topological polar surface area (TPSA) is 110 Å². The van der Waals surface area contributed by atoms with Crippen LogP contribution in [0.5, 0.6) is 0 Å². The summed E-state index contributed by atoms with van der Waals surface area (Å²) in [5.41, 5.74) is 3.13. The van der Waals surface area contributed by atoms with E-state index in [1.807, 2.05) is 19.9 Å². The van der Waals surface area contributed by atoms with Crippen LogP contribution < -0.4 is 15.6 Å². The first kappa shape index (κ1) is 24.2. The summed E-state index contributed by atoms with van der Waals surface area (Å²) in [6, 6.07) is 8.84. The minimum Gasteiger partial charge on any atom is -0.384 e. The molecule has 3 aromatic rings. The van der Waals surface area contributed by atoms with Gasteiger partial charge in [0.2, 0.25) is 5.95 Å². The number of pyridine rings is 1. The molecule has 0 bridgehead atoms. The first-order valence-electron chi connectivity index (χ1n) is 12.8. The van der Waals surface area contributed by atoms with E-state index in [0.29, 0.717) is 35.9 Å². The molecule has 194 valence electrons. The Morgan fingerprint density at radius 3 is 2.65 bits per heavy atom. The lowest BCUT2D eigenvalue weighted by molar-refractivity contribution is -0.00505. The summed E-state index contributed by atoms with van der Waals surface area (Å²) in [7, 11) is 0. The minimum atomic E-state index is -1.07. The smallest absolute Gasteiger partial charge is 0.229 e. The summed E-state index contributed by atoms with van der Waals surface area (Å²) in [5.74, 6) is 0.0793. The van der Waals surface area contributed by atoms with Crippen molar-refractivity contribution in [3.05, 3.63) is 64.7 Å². The Morgan fingerprint density at radius 1 is 1.14 bits per heavy atom. The van der Waals surface area contributed by atoms with Gasteiger partial charge in [-0.1, -0.05) is 6.07 Å². The van der Waals surface area contributed by atoms with E-state index in [0.717, 1.165) is 18.7 Å². The van der Waals surface area contributed by atoms with Crippen molar-refractivity contribution in [2.75, 3.05) is 16.9 Å². The molecule has 0 spiro atoms. The van der Waals surface area contributed by atoms with E-state index in [9.17, 15) is 10.2 Å². The van der Waals surface area contributed by atoms with Crippen LogP contribution >= 0.6 is 0 Å². The lowest BCUT2D eigenvalue weighted by atomic mass is 9.85. The molecule has 0 saturated heterocycles. The Kier molecular flexibility index (Phi) is 5.50. The van der Waals surface area contributed by atoms with Crippen molar-refractivity contribution in [3.8, 4) is 0 Å². The van der Waals surface area contributed by atoms with E-state index in [4.69, 9.17) is 4.98 Å². The van der Waals surface area contributed by atoms with Crippen molar-refractivity contribution in [1.82, 2.24) is 25.3 Å². The van der Waals surface area contributed by atoms with Gasteiger partial charge in [-0.25, -0.2) is 19.4 Å². The van der Waals surface area contributed by atoms with Gasteiger partial charge in [0.25, 0.3) is 0 Å². The molecule has 0 radical (unpaired) electrons. The van der Waals surface area contributed by atoms with Crippen LogP contribution in [0.4, 0.5) is 27.7 Å². The highest BCUT2D eigenvalue weighted by Crippen LogP contribution is 2.47. The second-order valence-electron chi connectivity index (χ2n) is 11.0. The van der Waals surface area contributed by atoms with Crippen LogP contribution in [0.2, 0.25) is 0 Å². The standard InChI is InChI=1S/C27H32FN7O2/c1-15(2)34-24(36)18-14-29-25(31-17-5-6-19-16(13-17)9-12-30-26(19,3)4)33-22(18)35(34)23-20(28)7-8-21(32-23)27(37)10-11-27/h5-8,13-15,24,30,36-37H,9-12H2,1-4H3,(H,29,31,33). The summed E-state index contributed by atoms with van der Waals surface area (Å²) >= 11 is 0. The molecule has 4 N–H and O–H groups in total. The fraction of sp³-hybridized carbons (Fsp3) is 0.444. The Bertz CT molecular complexity index is 1370. The maximum atomic E-state index is 15.2. The third-order valence-corrected chi connectivity index (χ3v) is 7.51. The van der Waals surface area contributed by atoms with Gasteiger partial charge in [-0.3, -0.25) is 0 Å². The second-order valence-corrected chi connectivity index (χ2v) is 11.0. The van der Waals surface area contributed by atoms with Gasteiger partial charge in [0, 0.05) is 23.5 Å². The van der Waals surface area contributed by atoms with Crippen molar-refractivity contribution in [1.29, 1.82) is 0 Å². The van der Waals surface area contributed by atoms with Crippen LogP contribution in [0.1, 0.15) is 69.1 Å². The SMILES string of the molecule is CC(C)N1C(O)c2cnc(Nc3ccc4c(c3)CCNC4(C)C)nc2N1c1nc(C2(O)CC2)ccc1F. The van der Waals surface area contributed by atoms with Crippen LogP contribution in [-0.2, 0) is 17.6 Å². The van der Waals surface area contributed by atoms with Crippen LogP contribution in [-0.4, -0.2) is 42.8 Å². The third kappa shape index (κ3) is 4.04. The van der Waals surface area contributed by atoms with Gasteiger partial charge >= 0.3 is 0 Å². The highest BCUT2D eigenvalue weighted by molar-refractivity contribution is 5.66. The lowest BCUT2D eigenvalue weighted by Gasteiger charge is -2.34. The molecule has 10 heteroatoms. The first-order chi connectivity index (χ1) is 17.6. The van der Waals surface area contributed by atoms with Gasteiger partial charge in [0.15, 0.2) is 23.7 Å². The summed E-state index contributed by atoms with van der Waals surface area (Å²) in [5, 5.41) is 31.7. The molecular weight excluding hydrogens is 473 g/mol. The highest BCUT2D eigenvalue weighted by Gasteiger charge is 2.46. The minimum absolute atomic E-state index is 0.0162. The highest BCUT2D eigenvalue weighted by atomic mass is 19.1. The predicted octanol–water partition coefficient (Wildman–Crippen LogP) is 3.88. The molecule has 1 saturated carbocycles. The Hall–Kier alpha value is -3.18. The van der Waals surface area contributed by atoms with E-state index in [1.165, 1.54) is 28.3 Å². The number of nitrogens with one attached hydrogen (secondary N) is 2. The second kappa shape index (κ2) is 8.42. The van der Waals surface area contributed by atoms with E-state index in [1.54, 1.807) is 11.2 Å². The number of nitrogens with zero attached hydrogens (tertiary/aromatic N) is 5. The van der Waals surface area contributed by atoms with Crippen molar-refractivity contribution in [2.24, 2.45) is 0 Å². The number of fused-ring (bicyclic) bond motifs is 2. The molecule has 4 heterocycles. The van der Waals surface area contributed by atoms with Gasteiger partial charge in [-0.15, -0.1) is 0 Å². The zero-order chi connectivity index (χ0) is 26.1.